The lowest BCUT2D eigenvalue weighted by Gasteiger charge is -2.33. The van der Waals surface area contributed by atoms with Crippen LogP contribution in [0.15, 0.2) is 231 Å². The highest BCUT2D eigenvalue weighted by molar-refractivity contribution is 6.09. The van der Waals surface area contributed by atoms with Crippen molar-refractivity contribution in [2.45, 2.75) is 19.3 Å². The predicted molar refractivity (Wildman–Crippen MR) is 258 cm³/mol. The fourth-order valence-corrected chi connectivity index (χ4v) is 9.10. The maximum atomic E-state index is 4.35. The van der Waals surface area contributed by atoms with Crippen molar-refractivity contribution in [1.82, 2.24) is 0 Å². The van der Waals surface area contributed by atoms with Crippen LogP contribution in [0.3, 0.4) is 0 Å². The van der Waals surface area contributed by atoms with Gasteiger partial charge in [0.05, 0.1) is 5.41 Å². The molecule has 0 saturated carbocycles. The molecule has 286 valence electrons. The molecule has 7 aromatic carbocycles. The second kappa shape index (κ2) is 16.7. The zero-order valence-corrected chi connectivity index (χ0v) is 34.2. The predicted octanol–water partition coefficient (Wildman–Crippen LogP) is 15.5. The summed E-state index contributed by atoms with van der Waals surface area (Å²) in [6, 6.07) is 52.8. The molecule has 1 heteroatoms. The second-order valence-corrected chi connectivity index (χ2v) is 14.9. The molecule has 0 atom stereocenters. The minimum Gasteiger partial charge on any atom is -0.388 e. The first-order valence-corrected chi connectivity index (χ1v) is 20.3. The topological polar surface area (TPSA) is 12.0 Å². The van der Waals surface area contributed by atoms with Gasteiger partial charge >= 0.3 is 0 Å². The van der Waals surface area contributed by atoms with Gasteiger partial charge < -0.3 is 5.32 Å². The highest BCUT2D eigenvalue weighted by Gasteiger charge is 2.52. The summed E-state index contributed by atoms with van der Waals surface area (Å²) in [6.07, 6.45) is 18.5. The average molecular weight is 760 g/mol. The monoisotopic (exact) mass is 759 g/mol. The van der Waals surface area contributed by atoms with Crippen LogP contribution in [-0.4, -0.2) is 7.05 Å². The Labute approximate surface area is 349 Å². The van der Waals surface area contributed by atoms with Gasteiger partial charge in [-0.05, 0) is 132 Å². The number of fused-ring (bicyclic) bond motifs is 10. The van der Waals surface area contributed by atoms with E-state index in [1.807, 2.05) is 44.4 Å². The van der Waals surface area contributed by atoms with Crippen LogP contribution in [0.2, 0.25) is 0 Å². The summed E-state index contributed by atoms with van der Waals surface area (Å²) < 4.78 is 0. The van der Waals surface area contributed by atoms with Crippen molar-refractivity contribution in [1.29, 1.82) is 0 Å². The van der Waals surface area contributed by atoms with E-state index in [4.69, 9.17) is 0 Å². The quantitative estimate of drug-likeness (QED) is 0.145. The normalized spacial score (nSPS) is 13.8. The Morgan fingerprint density at radius 1 is 0.610 bits per heavy atom. The van der Waals surface area contributed by atoms with Crippen LogP contribution in [0.1, 0.15) is 41.7 Å². The first-order chi connectivity index (χ1) is 29.0. The fraction of sp³-hybridized carbons (Fsp3) is 0.0690. The van der Waals surface area contributed by atoms with Gasteiger partial charge in [0.25, 0.3) is 0 Å². The number of hydrogen-bond donors (Lipinski definition) is 1. The molecule has 0 amide bonds. The van der Waals surface area contributed by atoms with E-state index in [0.717, 1.165) is 16.8 Å². The molecule has 1 spiro atoms. The van der Waals surface area contributed by atoms with Crippen LogP contribution in [0.25, 0.3) is 55.4 Å². The Bertz CT molecular complexity index is 2880. The Kier molecular flexibility index (Phi) is 10.9. The number of allylic oxidation sites excluding steroid dienone is 12. The van der Waals surface area contributed by atoms with Crippen LogP contribution < -0.4 is 5.32 Å². The van der Waals surface area contributed by atoms with Crippen molar-refractivity contribution in [2.75, 3.05) is 12.4 Å². The van der Waals surface area contributed by atoms with Crippen LogP contribution in [-0.2, 0) is 5.41 Å². The number of nitrogens with one attached hydrogen (secondary N) is 1. The smallest absolute Gasteiger partial charge is 0.0731 e. The molecule has 7 aromatic rings. The molecular weight excluding hydrogens is 711 g/mol. The van der Waals surface area contributed by atoms with E-state index in [9.17, 15) is 0 Å². The number of rotatable bonds is 9. The minimum absolute atomic E-state index is 0.396. The molecule has 1 N–H and O–H groups in total. The molecule has 0 heterocycles. The lowest BCUT2D eigenvalue weighted by molar-refractivity contribution is 0.794. The maximum absolute atomic E-state index is 4.35. The van der Waals surface area contributed by atoms with E-state index in [1.165, 1.54) is 82.8 Å². The summed E-state index contributed by atoms with van der Waals surface area (Å²) in [4.78, 5) is 0. The molecule has 59 heavy (non-hydrogen) atoms. The first-order valence-electron chi connectivity index (χ1n) is 20.3. The van der Waals surface area contributed by atoms with Crippen LogP contribution in [0.5, 0.6) is 0 Å². The van der Waals surface area contributed by atoms with Crippen molar-refractivity contribution in [3.05, 3.63) is 258 Å². The second-order valence-electron chi connectivity index (χ2n) is 14.9. The summed E-state index contributed by atoms with van der Waals surface area (Å²) in [7, 11) is 1.96. The molecule has 0 aromatic heterocycles. The zero-order valence-electron chi connectivity index (χ0n) is 34.2. The number of anilines is 1. The van der Waals surface area contributed by atoms with E-state index in [2.05, 4.69) is 202 Å². The molecule has 0 aliphatic heterocycles. The standard InChI is InChI=1S/C37H29N.C21H20/c1-4-12-33-26(5-2)32-23-31(24-19-21-25(38-3)22-20-24)27-13-6-7-16-30(27)36(32)37(33)34-17-10-8-14-28(34)29-15-9-11-18-35(29)37;1-4-9-17(3)19(5-2)13-8-10-18-14-15-20-11-6-7-12-21(20)16-18/h4-23,38H,2H2,1,3H3;4-16H,2-3H2,1H3/b12-4-;9-4-,10-8-,19-13-. The lowest BCUT2D eigenvalue weighted by Crippen LogP contribution is -2.27. The molecule has 9 rings (SSSR count). The molecular formula is C58H49N. The van der Waals surface area contributed by atoms with Gasteiger partial charge in [-0.3, -0.25) is 0 Å². The van der Waals surface area contributed by atoms with Gasteiger partial charge in [-0.1, -0.05) is 196 Å². The van der Waals surface area contributed by atoms with Gasteiger partial charge in [0.2, 0.25) is 0 Å². The molecule has 2 aliphatic rings. The molecule has 0 bridgehead atoms. The van der Waals surface area contributed by atoms with Gasteiger partial charge in [0.15, 0.2) is 0 Å². The van der Waals surface area contributed by atoms with E-state index in [-0.39, 0.29) is 0 Å². The summed E-state index contributed by atoms with van der Waals surface area (Å²) in [6.45, 7) is 16.3. The summed E-state index contributed by atoms with van der Waals surface area (Å²) in [5.41, 5.74) is 16.8. The van der Waals surface area contributed by atoms with Crippen LogP contribution in [0, 0.1) is 0 Å². The van der Waals surface area contributed by atoms with Crippen molar-refractivity contribution in [2.24, 2.45) is 0 Å². The molecule has 0 radical (unpaired) electrons. The highest BCUT2D eigenvalue weighted by Crippen LogP contribution is 2.64. The Morgan fingerprint density at radius 2 is 1.25 bits per heavy atom. The summed E-state index contributed by atoms with van der Waals surface area (Å²) in [5.74, 6) is 0. The molecule has 0 fully saturated rings. The fourth-order valence-electron chi connectivity index (χ4n) is 9.10. The van der Waals surface area contributed by atoms with Crippen molar-refractivity contribution < 1.29 is 0 Å². The third-order valence-electron chi connectivity index (χ3n) is 11.7. The van der Waals surface area contributed by atoms with Gasteiger partial charge in [-0.15, -0.1) is 0 Å². The SMILES string of the molecule is C=C/C(=C/C=C\c1ccc2ccccc2c1)C(=C)/C=C\C.C=CC1=C(/C=C\C)C2(c3ccccc3-c3ccccc32)c2c1cc(-c1ccc(NC)cc1)c1ccccc21. The maximum Gasteiger partial charge on any atom is 0.0731 e. The number of benzene rings is 7. The van der Waals surface area contributed by atoms with E-state index in [0.29, 0.717) is 0 Å². The van der Waals surface area contributed by atoms with Crippen molar-refractivity contribution in [3.63, 3.8) is 0 Å². The van der Waals surface area contributed by atoms with Gasteiger partial charge in [-0.25, -0.2) is 0 Å². The third kappa shape index (κ3) is 6.75. The van der Waals surface area contributed by atoms with Gasteiger partial charge in [0, 0.05) is 12.7 Å². The Hall–Kier alpha value is -7.22. The number of hydrogen-bond acceptors (Lipinski definition) is 1. The Morgan fingerprint density at radius 3 is 1.90 bits per heavy atom. The third-order valence-corrected chi connectivity index (χ3v) is 11.7. The van der Waals surface area contributed by atoms with Gasteiger partial charge in [-0.2, -0.15) is 0 Å². The molecule has 0 unspecified atom stereocenters. The lowest BCUT2D eigenvalue weighted by atomic mass is 9.68. The van der Waals surface area contributed by atoms with E-state index in [1.54, 1.807) is 0 Å². The van der Waals surface area contributed by atoms with Crippen LogP contribution in [0.4, 0.5) is 5.69 Å². The average Bonchev–Trinajstić information content (AvgIpc) is 3.74. The molecule has 1 nitrogen and oxygen atoms in total. The minimum atomic E-state index is -0.396. The zero-order chi connectivity index (χ0) is 40.9. The van der Waals surface area contributed by atoms with Gasteiger partial charge in [0.1, 0.15) is 0 Å². The van der Waals surface area contributed by atoms with Crippen LogP contribution >= 0.6 is 0 Å². The van der Waals surface area contributed by atoms with Crippen molar-refractivity contribution >= 4 is 38.9 Å². The molecule has 2 aliphatic carbocycles. The van der Waals surface area contributed by atoms with E-state index >= 15 is 0 Å². The largest absolute Gasteiger partial charge is 0.388 e. The van der Waals surface area contributed by atoms with Crippen molar-refractivity contribution in [3.8, 4) is 22.3 Å². The Balaban J connectivity index is 0.000000196. The summed E-state index contributed by atoms with van der Waals surface area (Å²) >= 11 is 0. The first kappa shape index (κ1) is 38.6. The highest BCUT2D eigenvalue weighted by atomic mass is 14.8. The van der Waals surface area contributed by atoms with E-state index < -0.39 is 5.41 Å². The summed E-state index contributed by atoms with van der Waals surface area (Å²) in [5, 5.41) is 8.33. The molecule has 0 saturated heterocycles.